The molecule has 34 nitrogen and oxygen atoms in total. The van der Waals surface area contributed by atoms with E-state index in [1.165, 1.54) is 30.8 Å². The van der Waals surface area contributed by atoms with Gasteiger partial charge in [0.2, 0.25) is 65.5 Å². The number of hydrogen-bond donors (Lipinski definition) is 19. The summed E-state index contributed by atoms with van der Waals surface area (Å²) in [7, 11) is 0. The third-order valence-corrected chi connectivity index (χ3v) is 21.9. The Labute approximate surface area is 700 Å². The lowest BCUT2D eigenvalue weighted by Crippen LogP contribution is -2.64. The van der Waals surface area contributed by atoms with Crippen LogP contribution in [0.3, 0.4) is 0 Å². The lowest BCUT2D eigenvalue weighted by molar-refractivity contribution is -0.148. The van der Waals surface area contributed by atoms with Gasteiger partial charge in [-0.1, -0.05) is 132 Å². The quantitative estimate of drug-likeness (QED) is 0.0152. The van der Waals surface area contributed by atoms with Gasteiger partial charge in [0.1, 0.15) is 84.2 Å². The molecule has 18 unspecified atom stereocenters. The van der Waals surface area contributed by atoms with E-state index < -0.39 is 206 Å². The van der Waals surface area contributed by atoms with Crippen LogP contribution in [0.25, 0.3) is 22.3 Å². The van der Waals surface area contributed by atoms with E-state index in [0.29, 0.717) is 43.6 Å². The number of aromatic hydroxyl groups is 1. The van der Waals surface area contributed by atoms with Crippen LogP contribution >= 0.6 is 11.8 Å². The number of hydrogen-bond acceptors (Lipinski definition) is 23. The Morgan fingerprint density at radius 2 is 1.23 bits per heavy atom. The number of aliphatic hydroxyl groups excluding tert-OH is 8. The number of fused-ring (bicyclic) bond motifs is 2. The number of benzene rings is 5. The number of phenolic OH excluding ortho intramolecular Hbond substituents is 1. The summed E-state index contributed by atoms with van der Waals surface area (Å²) in [6, 6.07) is 18.2. The molecule has 8 rings (SSSR count). The standard InChI is InChI=1S/C85H114N12O22S/c1-8-9-16-36-119-58-31-28-54(29-32-58)52-22-20-51(21-23-52)53-24-26-55(27-25-53)75(108)89-63-42-66(103)81(114)95-83(116)71-72(105)47(4)43-97(71)85(118)69(49(6)100)93-82(115)70(94-80(113)64-41-57(101)44-96(64)84(117)68(48(5)99)92-79(63)112)74(107)73(106)56-30-33-65(102)60(40-56)88-67(104)19-14-11-15-35-86-76(109)62(39-50-17-12-10-13-18-50)91-78(111)61(38-46(2)3)90-77(110)59(87-45-98)34-37-120-7/h10,12-13,17-18,20-33,40,45-49,57,59,61-64,66,68-74,81,99-103,105-107,114H,8-9,11,14-16,19,34-39,41-44H2,1-7H3,(H,86,109)(H,87,98)(H,88,104)(H,89,108)(H,90,110)(H,91,111)(H,92,112)(H,93,115)(H,94,113)(H,95,116). The van der Waals surface area contributed by atoms with Crippen molar-refractivity contribution in [1.82, 2.24) is 57.7 Å². The molecule has 3 heterocycles. The first kappa shape index (κ1) is 94.8. The molecule has 12 amide bonds. The molecule has 0 saturated carbocycles. The van der Waals surface area contributed by atoms with E-state index in [1.54, 1.807) is 42.5 Å². The van der Waals surface area contributed by atoms with Crippen molar-refractivity contribution in [1.29, 1.82) is 0 Å². The van der Waals surface area contributed by atoms with Gasteiger partial charge in [0.15, 0.2) is 6.23 Å². The third-order valence-electron chi connectivity index (χ3n) is 21.3. The minimum Gasteiger partial charge on any atom is -0.506 e. The summed E-state index contributed by atoms with van der Waals surface area (Å²) >= 11 is 1.48. The molecule has 18 atom stereocenters. The van der Waals surface area contributed by atoms with Crippen LogP contribution in [0, 0.1) is 11.8 Å². The van der Waals surface area contributed by atoms with E-state index >= 15 is 0 Å². The minimum atomic E-state index is -2.52. The molecule has 5 aromatic rings. The summed E-state index contributed by atoms with van der Waals surface area (Å²) in [5.74, 6) is -11.4. The van der Waals surface area contributed by atoms with E-state index in [4.69, 9.17) is 4.74 Å². The zero-order chi connectivity index (χ0) is 87.6. The Balaban J connectivity index is 0.975. The second-order valence-electron chi connectivity index (χ2n) is 31.2. The van der Waals surface area contributed by atoms with Gasteiger partial charge >= 0.3 is 0 Å². The van der Waals surface area contributed by atoms with E-state index in [1.807, 2.05) is 68.6 Å². The highest BCUT2D eigenvalue weighted by molar-refractivity contribution is 7.98. The first-order valence-corrected chi connectivity index (χ1v) is 41.9. The summed E-state index contributed by atoms with van der Waals surface area (Å²) in [6.07, 6.45) is -11.1. The van der Waals surface area contributed by atoms with Crippen LogP contribution in [0.1, 0.15) is 140 Å². The van der Waals surface area contributed by atoms with Gasteiger partial charge in [-0.25, -0.2) is 0 Å². The molecule has 5 aromatic carbocycles. The van der Waals surface area contributed by atoms with Crippen LogP contribution in [-0.2, 0) is 59.2 Å². The van der Waals surface area contributed by atoms with Crippen molar-refractivity contribution in [2.45, 2.75) is 222 Å². The largest absolute Gasteiger partial charge is 0.506 e. The van der Waals surface area contributed by atoms with Gasteiger partial charge in [0.25, 0.3) is 5.91 Å². The van der Waals surface area contributed by atoms with Crippen LogP contribution in [-0.4, -0.2) is 263 Å². The number of rotatable bonds is 35. The van der Waals surface area contributed by atoms with Crippen LogP contribution in [0.5, 0.6) is 11.5 Å². The SMILES string of the molecule is CCCCCOc1ccc(-c2ccc(-c3ccc(C(=O)NC4CC(O)C(O)NC(=O)C5C(O)C(C)CN5C(=O)C(C(C)O)NC(=O)C(C(O)C(O)c5ccc(O)c(NC(=O)CCCCCNC(=O)C(Cc6ccccc6)NC(=O)C(CC(C)C)NC(=O)C(CCSC)NC=O)c5)NC(=O)C5CC(O)CN5C(=O)C(C(C)O)NC4=O)cc3)cc2)cc1. The second-order valence-corrected chi connectivity index (χ2v) is 32.2. The van der Waals surface area contributed by atoms with Crippen LogP contribution in [0.15, 0.2) is 121 Å². The molecule has 3 saturated heterocycles. The zero-order valence-corrected chi connectivity index (χ0v) is 69.1. The minimum absolute atomic E-state index is 0.0275. The Bertz CT molecular complexity index is 4300. The van der Waals surface area contributed by atoms with Crippen molar-refractivity contribution in [3.05, 3.63) is 138 Å². The summed E-state index contributed by atoms with van der Waals surface area (Å²) in [4.78, 5) is 170. The fourth-order valence-electron chi connectivity index (χ4n) is 14.4. The molecule has 35 heteroatoms. The van der Waals surface area contributed by atoms with Crippen molar-refractivity contribution in [2.75, 3.05) is 43.6 Å². The molecular formula is C85H114N12O22S. The number of nitrogens with one attached hydrogen (secondary N) is 10. The Morgan fingerprint density at radius 1 is 0.633 bits per heavy atom. The highest BCUT2D eigenvalue weighted by Crippen LogP contribution is 2.33. The number of carbonyl (C=O) groups excluding carboxylic acids is 12. The first-order valence-electron chi connectivity index (χ1n) is 40.5. The fraction of sp³-hybridized carbons (Fsp3) is 0.506. The summed E-state index contributed by atoms with van der Waals surface area (Å²) in [5.41, 5.74) is 3.40. The van der Waals surface area contributed by atoms with E-state index in [9.17, 15) is 103 Å². The predicted octanol–water partition coefficient (Wildman–Crippen LogP) is 0.814. The number of aliphatic hydroxyl groups is 8. The smallest absolute Gasteiger partial charge is 0.251 e. The maximum atomic E-state index is 14.9. The van der Waals surface area contributed by atoms with E-state index in [2.05, 4.69) is 60.1 Å². The number of thioether (sulfide) groups is 1. The lowest BCUT2D eigenvalue weighted by Gasteiger charge is -2.34. The molecule has 3 aliphatic heterocycles. The highest BCUT2D eigenvalue weighted by Gasteiger charge is 2.51. The maximum Gasteiger partial charge on any atom is 0.251 e. The Morgan fingerprint density at radius 3 is 1.83 bits per heavy atom. The van der Waals surface area contributed by atoms with Gasteiger partial charge in [0.05, 0.1) is 36.7 Å². The predicted molar refractivity (Wildman–Crippen MR) is 443 cm³/mol. The molecule has 652 valence electrons. The summed E-state index contributed by atoms with van der Waals surface area (Å²) in [6.45, 7) is 9.02. The van der Waals surface area contributed by atoms with E-state index in [0.717, 1.165) is 89.1 Å². The van der Waals surface area contributed by atoms with E-state index in [-0.39, 0.29) is 55.0 Å². The average Bonchev–Trinajstić information content (AvgIpc) is 1.62. The number of nitrogens with zero attached hydrogens (tertiary/aromatic N) is 2. The molecule has 120 heavy (non-hydrogen) atoms. The Kier molecular flexibility index (Phi) is 36.1. The van der Waals surface area contributed by atoms with Crippen LogP contribution < -0.4 is 57.9 Å². The van der Waals surface area contributed by atoms with Gasteiger partial charge < -0.3 is 114 Å². The van der Waals surface area contributed by atoms with Gasteiger partial charge in [-0.3, -0.25) is 57.5 Å². The van der Waals surface area contributed by atoms with Crippen molar-refractivity contribution < 1.29 is 108 Å². The topological polar surface area (TPSA) is 523 Å². The zero-order valence-electron chi connectivity index (χ0n) is 68.2. The molecule has 0 aromatic heterocycles. The van der Waals surface area contributed by atoms with Crippen molar-refractivity contribution >= 4 is 88.8 Å². The van der Waals surface area contributed by atoms with Crippen molar-refractivity contribution in [2.24, 2.45) is 11.8 Å². The third kappa shape index (κ3) is 26.4. The van der Waals surface area contributed by atoms with Crippen LogP contribution in [0.4, 0.5) is 5.69 Å². The molecule has 0 bridgehead atoms. The number of amides is 12. The molecule has 19 N–H and O–H groups in total. The number of ether oxygens (including phenoxy) is 1. The van der Waals surface area contributed by atoms with Gasteiger partial charge in [-0.05, 0) is 134 Å². The number of carbonyl (C=O) groups is 12. The normalized spacial score (nSPS) is 23.1. The maximum absolute atomic E-state index is 14.9. The monoisotopic (exact) mass is 1690 g/mol. The Hall–Kier alpha value is -10.6. The van der Waals surface area contributed by atoms with Crippen molar-refractivity contribution in [3.63, 3.8) is 0 Å². The molecule has 3 aliphatic rings. The fourth-order valence-corrected chi connectivity index (χ4v) is 14.9. The molecule has 0 radical (unpaired) electrons. The molecule has 0 spiro atoms. The van der Waals surface area contributed by atoms with Crippen LogP contribution in [0.2, 0.25) is 0 Å². The highest BCUT2D eigenvalue weighted by atomic mass is 32.2. The molecular weight excluding hydrogens is 1570 g/mol. The number of unbranched alkanes of at least 4 members (excludes halogenated alkanes) is 4. The average molecular weight is 1690 g/mol. The summed E-state index contributed by atoms with van der Waals surface area (Å²) < 4.78 is 5.86. The number of phenols is 1. The second kappa shape index (κ2) is 45.7. The lowest BCUT2D eigenvalue weighted by atomic mass is 9.96. The van der Waals surface area contributed by atoms with Crippen molar-refractivity contribution in [3.8, 4) is 33.8 Å². The van der Waals surface area contributed by atoms with Gasteiger partial charge in [-0.2, -0.15) is 11.8 Å². The first-order chi connectivity index (χ1) is 57.2. The number of anilines is 1. The molecule has 0 aliphatic carbocycles. The van der Waals surface area contributed by atoms with Gasteiger partial charge in [0, 0.05) is 56.8 Å². The molecule has 3 fully saturated rings. The summed E-state index contributed by atoms with van der Waals surface area (Å²) in [5, 5.41) is 129. The van der Waals surface area contributed by atoms with Gasteiger partial charge in [-0.15, -0.1) is 0 Å².